The molecule has 2 aromatic rings. The molecule has 2 heterocycles. The topological polar surface area (TPSA) is 117 Å². The number of hydrogen-bond acceptors (Lipinski definition) is 8. The normalized spacial score (nSPS) is 10.9. The highest BCUT2D eigenvalue weighted by Crippen LogP contribution is 2.21. The van der Waals surface area contributed by atoms with Crippen molar-refractivity contribution in [2.75, 3.05) is 17.6 Å². The molecule has 0 aliphatic carbocycles. The fourth-order valence-electron chi connectivity index (χ4n) is 1.48. The largest absolute Gasteiger partial charge is 0.337 e. The molecule has 124 valence electrons. The van der Waals surface area contributed by atoms with E-state index in [2.05, 4.69) is 31.0 Å². The van der Waals surface area contributed by atoms with Crippen molar-refractivity contribution in [3.63, 3.8) is 0 Å². The van der Waals surface area contributed by atoms with Crippen molar-refractivity contribution in [3.05, 3.63) is 22.1 Å². The fraction of sp³-hybridized carbons (Fsp3) is 0.333. The molecule has 2 rings (SSSR count). The summed E-state index contributed by atoms with van der Waals surface area (Å²) in [7, 11) is 0. The van der Waals surface area contributed by atoms with Crippen LogP contribution in [0.4, 0.5) is 15.1 Å². The molecule has 2 amide bonds. The van der Waals surface area contributed by atoms with Crippen LogP contribution in [-0.4, -0.2) is 34.6 Å². The van der Waals surface area contributed by atoms with Crippen LogP contribution in [0.1, 0.15) is 11.4 Å². The number of rotatable bonds is 8. The van der Waals surface area contributed by atoms with E-state index in [1.54, 1.807) is 11.8 Å². The van der Waals surface area contributed by atoms with E-state index in [0.717, 1.165) is 22.9 Å². The summed E-state index contributed by atoms with van der Waals surface area (Å²) < 4.78 is 0. The van der Waals surface area contributed by atoms with E-state index in [0.29, 0.717) is 16.8 Å². The van der Waals surface area contributed by atoms with Crippen molar-refractivity contribution >= 4 is 57.1 Å². The Kier molecular flexibility index (Phi) is 7.26. The second-order valence-electron chi connectivity index (χ2n) is 4.27. The first-order chi connectivity index (χ1) is 11.2. The number of thiazole rings is 2. The molecule has 2 aromatic heterocycles. The number of carbonyl (C=O) groups is 1. The van der Waals surface area contributed by atoms with Crippen molar-refractivity contribution in [3.8, 4) is 0 Å². The fourth-order valence-corrected chi connectivity index (χ4v) is 3.68. The first-order valence-corrected chi connectivity index (χ1v) is 9.56. The Bertz CT molecular complexity index is 655. The molecule has 0 aromatic carbocycles. The van der Waals surface area contributed by atoms with Crippen LogP contribution >= 0.6 is 34.4 Å². The third kappa shape index (κ3) is 6.52. The quantitative estimate of drug-likeness (QED) is 0.186. The van der Waals surface area contributed by atoms with E-state index >= 15 is 0 Å². The van der Waals surface area contributed by atoms with Crippen molar-refractivity contribution in [1.29, 1.82) is 0 Å². The van der Waals surface area contributed by atoms with Crippen LogP contribution < -0.4 is 21.9 Å². The van der Waals surface area contributed by atoms with Gasteiger partial charge in [-0.1, -0.05) is 0 Å². The minimum absolute atomic E-state index is 0.237. The number of nitrogens with zero attached hydrogens (tertiary/aromatic N) is 3. The maximum Gasteiger partial charge on any atom is 0.321 e. The van der Waals surface area contributed by atoms with Gasteiger partial charge in [0.1, 0.15) is 6.34 Å². The third-order valence-corrected chi connectivity index (χ3v) is 5.08. The van der Waals surface area contributed by atoms with Crippen LogP contribution in [0.5, 0.6) is 0 Å². The molecule has 23 heavy (non-hydrogen) atoms. The molecule has 0 radical (unpaired) electrons. The number of nitrogens with one attached hydrogen (secondary N) is 3. The molecule has 0 spiro atoms. The van der Waals surface area contributed by atoms with Gasteiger partial charge < -0.3 is 10.7 Å². The smallest absolute Gasteiger partial charge is 0.321 e. The van der Waals surface area contributed by atoms with Gasteiger partial charge in [-0.05, 0) is 6.92 Å². The molecule has 0 saturated carbocycles. The zero-order chi connectivity index (χ0) is 16.5. The van der Waals surface area contributed by atoms with Gasteiger partial charge in [-0.15, -0.1) is 22.7 Å². The lowest BCUT2D eigenvalue weighted by molar-refractivity contribution is 0.252. The summed E-state index contributed by atoms with van der Waals surface area (Å²) in [5.41, 5.74) is 4.20. The number of hydrogen-bond donors (Lipinski definition) is 4. The highest BCUT2D eigenvalue weighted by molar-refractivity contribution is 7.98. The Morgan fingerprint density at radius 1 is 1.43 bits per heavy atom. The van der Waals surface area contributed by atoms with E-state index in [1.807, 2.05) is 17.7 Å². The van der Waals surface area contributed by atoms with E-state index in [-0.39, 0.29) is 6.03 Å². The number of anilines is 1. The highest BCUT2D eigenvalue weighted by atomic mass is 32.2. The van der Waals surface area contributed by atoms with Crippen molar-refractivity contribution in [1.82, 2.24) is 20.7 Å². The van der Waals surface area contributed by atoms with Gasteiger partial charge in [0, 0.05) is 28.8 Å². The predicted octanol–water partition coefficient (Wildman–Crippen LogP) is 2.09. The van der Waals surface area contributed by atoms with E-state index < -0.39 is 0 Å². The minimum atomic E-state index is -0.237. The van der Waals surface area contributed by atoms with E-state index in [9.17, 15) is 4.79 Å². The Morgan fingerprint density at radius 3 is 3.04 bits per heavy atom. The Balaban J connectivity index is 1.59. The summed E-state index contributed by atoms with van der Waals surface area (Å²) >= 11 is 4.56. The SMILES string of the molecule is Cc1csc(NC(=O)NCCSCc2csc(N=CNN)n2)n1. The number of aryl methyl sites for hydroxylation is 1. The number of amides is 2. The molecule has 8 nitrogen and oxygen atoms in total. The average Bonchev–Trinajstić information content (AvgIpc) is 3.14. The second kappa shape index (κ2) is 9.45. The average molecular weight is 372 g/mol. The molecular weight excluding hydrogens is 354 g/mol. The first kappa shape index (κ1) is 17.7. The highest BCUT2D eigenvalue weighted by Gasteiger charge is 2.04. The van der Waals surface area contributed by atoms with Gasteiger partial charge in [-0.25, -0.2) is 25.6 Å². The van der Waals surface area contributed by atoms with Crippen molar-refractivity contribution in [2.24, 2.45) is 10.8 Å². The lowest BCUT2D eigenvalue weighted by atomic mass is 10.6. The maximum atomic E-state index is 11.7. The lowest BCUT2D eigenvalue weighted by Crippen LogP contribution is -2.30. The number of thioether (sulfide) groups is 1. The molecule has 0 unspecified atom stereocenters. The van der Waals surface area contributed by atoms with Gasteiger partial charge in [-0.3, -0.25) is 5.32 Å². The van der Waals surface area contributed by atoms with Gasteiger partial charge in [0.25, 0.3) is 0 Å². The lowest BCUT2D eigenvalue weighted by Gasteiger charge is -2.04. The van der Waals surface area contributed by atoms with Crippen LogP contribution in [0.2, 0.25) is 0 Å². The number of hydrazine groups is 1. The predicted molar refractivity (Wildman–Crippen MR) is 97.6 cm³/mol. The molecule has 0 bridgehead atoms. The number of carbonyl (C=O) groups excluding carboxylic acids is 1. The monoisotopic (exact) mass is 371 g/mol. The standard InChI is InChI=1S/C12H17N7OS3/c1-8-4-22-12(17-8)19-10(20)14-2-3-21-5-9-6-23-11(18-9)15-7-16-13/h4,6-7H,2-3,5,13H2,1H3,(H,15,16,18)(H2,14,17,19,20). The van der Waals surface area contributed by atoms with Gasteiger partial charge in [0.2, 0.25) is 5.13 Å². The zero-order valence-corrected chi connectivity index (χ0v) is 14.9. The van der Waals surface area contributed by atoms with Gasteiger partial charge >= 0.3 is 6.03 Å². The third-order valence-electron chi connectivity index (χ3n) is 2.41. The molecule has 11 heteroatoms. The Morgan fingerprint density at radius 2 is 2.30 bits per heavy atom. The maximum absolute atomic E-state index is 11.7. The summed E-state index contributed by atoms with van der Waals surface area (Å²) in [6.07, 6.45) is 1.39. The van der Waals surface area contributed by atoms with Crippen LogP contribution in [0.25, 0.3) is 0 Å². The summed E-state index contributed by atoms with van der Waals surface area (Å²) in [6, 6.07) is -0.237. The Labute approximate surface area is 146 Å². The molecule has 0 aliphatic heterocycles. The van der Waals surface area contributed by atoms with Crippen LogP contribution in [0.15, 0.2) is 15.8 Å². The zero-order valence-electron chi connectivity index (χ0n) is 12.4. The van der Waals surface area contributed by atoms with Crippen LogP contribution in [-0.2, 0) is 5.75 Å². The molecule has 0 atom stereocenters. The summed E-state index contributed by atoms with van der Waals surface area (Å²) in [4.78, 5) is 24.2. The van der Waals surface area contributed by atoms with Gasteiger partial charge in [-0.2, -0.15) is 11.8 Å². The minimum Gasteiger partial charge on any atom is -0.337 e. The molecule has 0 aliphatic rings. The number of nitrogens with two attached hydrogens (primary N) is 1. The Hall–Kier alpha value is -1.69. The van der Waals surface area contributed by atoms with Crippen molar-refractivity contribution < 1.29 is 4.79 Å². The second-order valence-corrected chi connectivity index (χ2v) is 7.07. The molecule has 0 fully saturated rings. The molecular formula is C12H17N7OS3. The van der Waals surface area contributed by atoms with Gasteiger partial charge in [0.05, 0.1) is 11.4 Å². The molecule has 5 N–H and O–H groups in total. The van der Waals surface area contributed by atoms with E-state index in [4.69, 9.17) is 5.84 Å². The summed E-state index contributed by atoms with van der Waals surface area (Å²) in [5, 5.41) is 10.6. The number of aliphatic imine (C=N–C) groups is 1. The van der Waals surface area contributed by atoms with Gasteiger partial charge in [0.15, 0.2) is 5.13 Å². The first-order valence-electron chi connectivity index (χ1n) is 6.65. The van der Waals surface area contributed by atoms with E-state index in [1.165, 1.54) is 29.0 Å². The van der Waals surface area contributed by atoms with Crippen LogP contribution in [0.3, 0.4) is 0 Å². The molecule has 0 saturated heterocycles. The summed E-state index contributed by atoms with van der Waals surface area (Å²) in [6.45, 7) is 2.46. The number of aromatic nitrogens is 2. The summed E-state index contributed by atoms with van der Waals surface area (Å²) in [5.74, 6) is 6.67. The number of urea groups is 1. The van der Waals surface area contributed by atoms with Crippen LogP contribution in [0, 0.1) is 6.92 Å². The van der Waals surface area contributed by atoms with Crippen molar-refractivity contribution in [2.45, 2.75) is 12.7 Å².